The first-order valence-corrected chi connectivity index (χ1v) is 4.08. The summed E-state index contributed by atoms with van der Waals surface area (Å²) in [6.45, 7) is -0.415. The fraction of sp³-hybridized carbons (Fsp3) is 1.00. The molecule has 0 spiro atoms. The van der Waals surface area contributed by atoms with Crippen molar-refractivity contribution in [1.29, 1.82) is 0 Å². The van der Waals surface area contributed by atoms with Gasteiger partial charge in [0.2, 0.25) is 0 Å². The van der Waals surface area contributed by atoms with E-state index in [2.05, 4.69) is 17.4 Å². The van der Waals surface area contributed by atoms with Crippen molar-refractivity contribution < 1.29 is 25.2 Å². The van der Waals surface area contributed by atoms with E-state index in [-0.39, 0.29) is 0 Å². The molecule has 0 aliphatic carbocycles. The van der Waals surface area contributed by atoms with Crippen molar-refractivity contribution in [2.45, 2.75) is 29.9 Å². The molecule has 1 heterocycles. The second-order valence-corrected chi connectivity index (χ2v) is 3.32. The molecule has 0 aromatic rings. The van der Waals surface area contributed by atoms with E-state index < -0.39 is 36.5 Å². The zero-order chi connectivity index (χ0) is 9.30. The monoisotopic (exact) mass is 196 g/mol. The van der Waals surface area contributed by atoms with Gasteiger partial charge in [-0.05, 0) is 0 Å². The molecule has 1 aliphatic rings. The zero-order valence-corrected chi connectivity index (χ0v) is 7.13. The molecular weight excluding hydrogens is 184 g/mol. The van der Waals surface area contributed by atoms with E-state index in [1.165, 1.54) is 0 Å². The van der Waals surface area contributed by atoms with Crippen LogP contribution < -0.4 is 0 Å². The molecule has 0 unspecified atom stereocenters. The minimum absolute atomic E-state index is 0.415. The highest BCUT2D eigenvalue weighted by atomic mass is 32.1. The van der Waals surface area contributed by atoms with E-state index in [0.29, 0.717) is 0 Å². The van der Waals surface area contributed by atoms with E-state index in [1.807, 2.05) is 0 Å². The molecule has 1 saturated heterocycles. The number of hydrogen-bond donors (Lipinski definition) is 5. The van der Waals surface area contributed by atoms with Crippen molar-refractivity contribution in [2.24, 2.45) is 0 Å². The van der Waals surface area contributed by atoms with Gasteiger partial charge >= 0.3 is 0 Å². The molecule has 0 aromatic carbocycles. The average Bonchev–Trinajstić information content (AvgIpc) is 2.08. The third kappa shape index (κ3) is 1.73. The fourth-order valence-electron chi connectivity index (χ4n) is 1.08. The highest BCUT2D eigenvalue weighted by molar-refractivity contribution is 7.81. The molecule has 1 aliphatic heterocycles. The Morgan fingerprint density at radius 2 is 1.75 bits per heavy atom. The standard InChI is InChI=1S/C6H12O5S/c7-1-2-3(8)5(12)4(9)6(10)11-2/h2-10,12H,1H2/t2-,3+,4-,5+,6-/m1/s1. The molecule has 5 nitrogen and oxygen atoms in total. The Morgan fingerprint density at radius 1 is 1.17 bits per heavy atom. The zero-order valence-electron chi connectivity index (χ0n) is 6.24. The number of aliphatic hydroxyl groups excluding tert-OH is 4. The highest BCUT2D eigenvalue weighted by Crippen LogP contribution is 2.23. The number of aliphatic hydroxyl groups is 4. The second kappa shape index (κ2) is 3.91. The first-order chi connectivity index (χ1) is 5.57. The number of ether oxygens (including phenoxy) is 1. The number of rotatable bonds is 1. The number of thiol groups is 1. The van der Waals surface area contributed by atoms with Gasteiger partial charge in [-0.15, -0.1) is 0 Å². The first kappa shape index (κ1) is 10.2. The molecular formula is C6H12O5S. The van der Waals surface area contributed by atoms with Crippen LogP contribution in [-0.4, -0.2) is 56.9 Å². The van der Waals surface area contributed by atoms with Crippen molar-refractivity contribution in [2.75, 3.05) is 6.61 Å². The summed E-state index contributed by atoms with van der Waals surface area (Å²) < 4.78 is 4.69. The van der Waals surface area contributed by atoms with Crippen molar-refractivity contribution in [1.82, 2.24) is 0 Å². The van der Waals surface area contributed by atoms with Crippen LogP contribution in [-0.2, 0) is 4.74 Å². The van der Waals surface area contributed by atoms with Crippen LogP contribution in [0.1, 0.15) is 0 Å². The van der Waals surface area contributed by atoms with E-state index in [0.717, 1.165) is 0 Å². The van der Waals surface area contributed by atoms with Gasteiger partial charge in [-0.3, -0.25) is 0 Å². The quantitative estimate of drug-likeness (QED) is 0.305. The lowest BCUT2D eigenvalue weighted by molar-refractivity contribution is -0.247. The molecule has 1 fully saturated rings. The van der Waals surface area contributed by atoms with Gasteiger partial charge in [0.05, 0.1) is 18.0 Å². The third-order valence-corrected chi connectivity index (χ3v) is 2.48. The maximum Gasteiger partial charge on any atom is 0.182 e. The normalized spacial score (nSPS) is 49.2. The van der Waals surface area contributed by atoms with Crippen LogP contribution in [0.2, 0.25) is 0 Å². The highest BCUT2D eigenvalue weighted by Gasteiger charge is 2.41. The lowest BCUT2D eigenvalue weighted by Gasteiger charge is -2.37. The summed E-state index contributed by atoms with van der Waals surface area (Å²) in [7, 11) is 0. The Bertz CT molecular complexity index is 150. The van der Waals surface area contributed by atoms with Crippen LogP contribution in [0.5, 0.6) is 0 Å². The summed E-state index contributed by atoms with van der Waals surface area (Å²) in [4.78, 5) is 0. The van der Waals surface area contributed by atoms with Crippen molar-refractivity contribution >= 4 is 12.6 Å². The van der Waals surface area contributed by atoms with E-state index in [9.17, 15) is 5.11 Å². The summed E-state index contributed by atoms with van der Waals surface area (Å²) in [5, 5.41) is 35.3. The summed E-state index contributed by atoms with van der Waals surface area (Å²) in [6, 6.07) is 0. The molecule has 0 amide bonds. The van der Waals surface area contributed by atoms with Gasteiger partial charge in [0.25, 0.3) is 0 Å². The fourth-order valence-corrected chi connectivity index (χ4v) is 1.42. The maximum atomic E-state index is 9.29. The predicted octanol–water partition coefficient (Wildman–Crippen LogP) is -2.28. The molecule has 72 valence electrons. The van der Waals surface area contributed by atoms with Gasteiger partial charge in [-0.2, -0.15) is 12.6 Å². The summed E-state index contributed by atoms with van der Waals surface area (Å²) in [5.41, 5.74) is 0. The van der Waals surface area contributed by atoms with Crippen LogP contribution in [0.4, 0.5) is 0 Å². The summed E-state index contributed by atoms with van der Waals surface area (Å²) in [6.07, 6.45) is -4.58. The second-order valence-electron chi connectivity index (χ2n) is 2.72. The molecule has 1 rings (SSSR count). The van der Waals surface area contributed by atoms with Crippen LogP contribution >= 0.6 is 12.6 Å². The average molecular weight is 196 g/mol. The first-order valence-electron chi connectivity index (χ1n) is 3.56. The lowest BCUT2D eigenvalue weighted by atomic mass is 10.0. The van der Waals surface area contributed by atoms with Crippen LogP contribution in [0.3, 0.4) is 0 Å². The molecule has 0 saturated carbocycles. The van der Waals surface area contributed by atoms with Crippen molar-refractivity contribution in [3.63, 3.8) is 0 Å². The molecule has 0 aromatic heterocycles. The molecule has 4 N–H and O–H groups in total. The van der Waals surface area contributed by atoms with Crippen LogP contribution in [0, 0.1) is 0 Å². The number of hydrogen-bond acceptors (Lipinski definition) is 6. The van der Waals surface area contributed by atoms with Gasteiger partial charge in [0.1, 0.15) is 12.2 Å². The minimum atomic E-state index is -1.40. The van der Waals surface area contributed by atoms with Gasteiger partial charge in [0.15, 0.2) is 6.29 Å². The molecule has 12 heavy (non-hydrogen) atoms. The maximum absolute atomic E-state index is 9.29. The van der Waals surface area contributed by atoms with E-state index >= 15 is 0 Å². The Hall–Kier alpha value is 0.150. The Labute approximate surface area is 75.0 Å². The molecule has 5 atom stereocenters. The Balaban J connectivity index is 2.63. The lowest BCUT2D eigenvalue weighted by Crippen LogP contribution is -2.56. The topological polar surface area (TPSA) is 90.2 Å². The van der Waals surface area contributed by atoms with Gasteiger partial charge in [-0.1, -0.05) is 0 Å². The van der Waals surface area contributed by atoms with Crippen molar-refractivity contribution in [3.05, 3.63) is 0 Å². The molecule has 0 radical (unpaired) electrons. The van der Waals surface area contributed by atoms with Crippen LogP contribution in [0.25, 0.3) is 0 Å². The van der Waals surface area contributed by atoms with Crippen molar-refractivity contribution in [3.8, 4) is 0 Å². The Morgan fingerprint density at radius 3 is 2.25 bits per heavy atom. The van der Waals surface area contributed by atoms with Crippen LogP contribution in [0.15, 0.2) is 0 Å². The van der Waals surface area contributed by atoms with Gasteiger partial charge < -0.3 is 25.2 Å². The van der Waals surface area contributed by atoms with E-state index in [4.69, 9.17) is 15.3 Å². The van der Waals surface area contributed by atoms with E-state index in [1.54, 1.807) is 0 Å². The summed E-state index contributed by atoms with van der Waals surface area (Å²) in [5.74, 6) is 0. The Kier molecular flexibility index (Phi) is 3.33. The largest absolute Gasteiger partial charge is 0.394 e. The summed E-state index contributed by atoms with van der Waals surface area (Å²) >= 11 is 3.87. The molecule has 6 heteroatoms. The predicted molar refractivity (Wildman–Crippen MR) is 42.8 cm³/mol. The van der Waals surface area contributed by atoms with Gasteiger partial charge in [-0.25, -0.2) is 0 Å². The smallest absolute Gasteiger partial charge is 0.182 e. The SMILES string of the molecule is OC[C@H]1O[C@@H](O)[C@H](O)[C@@H](S)[C@H]1O. The molecule has 0 bridgehead atoms. The minimum Gasteiger partial charge on any atom is -0.394 e. The van der Waals surface area contributed by atoms with Gasteiger partial charge in [0, 0.05) is 0 Å². The third-order valence-electron chi connectivity index (χ3n) is 1.87.